The van der Waals surface area contributed by atoms with Crippen LogP contribution >= 0.6 is 0 Å². The summed E-state index contributed by atoms with van der Waals surface area (Å²) < 4.78 is 10.5. The van der Waals surface area contributed by atoms with Crippen LogP contribution in [0.5, 0.6) is 0 Å². The predicted octanol–water partition coefficient (Wildman–Crippen LogP) is 0.111. The van der Waals surface area contributed by atoms with E-state index in [0.717, 1.165) is 19.7 Å². The average Bonchev–Trinajstić information content (AvgIpc) is 2.66. The van der Waals surface area contributed by atoms with Gasteiger partial charge >= 0.3 is 6.09 Å². The third-order valence-electron chi connectivity index (χ3n) is 2.80. The molecule has 0 aliphatic carbocycles. The summed E-state index contributed by atoms with van der Waals surface area (Å²) in [6, 6.07) is 0. The third-order valence-corrected chi connectivity index (χ3v) is 2.80. The zero-order valence-corrected chi connectivity index (χ0v) is 8.83. The second-order valence-corrected chi connectivity index (χ2v) is 4.16. The molecule has 2 atom stereocenters. The summed E-state index contributed by atoms with van der Waals surface area (Å²) in [6.07, 6.45) is 2.03. The highest BCUT2D eigenvalue weighted by atomic mass is 16.6. The van der Waals surface area contributed by atoms with Crippen LogP contribution in [0.4, 0.5) is 4.79 Å². The number of piperidine rings is 1. The Kier molecular flexibility index (Phi) is 3.80. The third kappa shape index (κ3) is 3.35. The van der Waals surface area contributed by atoms with Gasteiger partial charge in [-0.25, -0.2) is 4.79 Å². The van der Waals surface area contributed by atoms with E-state index in [9.17, 15) is 4.79 Å². The van der Waals surface area contributed by atoms with E-state index in [1.165, 1.54) is 12.8 Å². The number of carbonyl (C=O) groups is 1. The van der Waals surface area contributed by atoms with Gasteiger partial charge in [-0.15, -0.1) is 0 Å². The molecule has 1 amide bonds. The lowest BCUT2D eigenvalue weighted by atomic mass is 10.0. The van der Waals surface area contributed by atoms with Crippen LogP contribution in [0.25, 0.3) is 0 Å². The predicted molar refractivity (Wildman–Crippen MR) is 54.7 cm³/mol. The fourth-order valence-corrected chi connectivity index (χ4v) is 1.96. The van der Waals surface area contributed by atoms with E-state index in [1.54, 1.807) is 0 Å². The van der Waals surface area contributed by atoms with Crippen molar-refractivity contribution in [3.63, 3.8) is 0 Å². The summed E-state index contributed by atoms with van der Waals surface area (Å²) >= 11 is 0. The maximum Gasteiger partial charge on any atom is 0.407 e. The van der Waals surface area contributed by atoms with E-state index in [0.29, 0.717) is 19.1 Å². The van der Waals surface area contributed by atoms with Gasteiger partial charge in [-0.1, -0.05) is 0 Å². The molecule has 2 N–H and O–H groups in total. The summed E-state index contributed by atoms with van der Waals surface area (Å²) in [5.74, 6) is 0.615. The largest absolute Gasteiger partial charge is 0.442 e. The van der Waals surface area contributed by atoms with Crippen molar-refractivity contribution in [2.24, 2.45) is 5.92 Å². The summed E-state index contributed by atoms with van der Waals surface area (Å²) in [5.41, 5.74) is 0. The van der Waals surface area contributed by atoms with Gasteiger partial charge in [0.25, 0.3) is 0 Å². The molecule has 2 aliphatic rings. The molecule has 2 unspecified atom stereocenters. The molecule has 2 rings (SSSR count). The van der Waals surface area contributed by atoms with E-state index in [4.69, 9.17) is 9.47 Å². The quantitative estimate of drug-likeness (QED) is 0.697. The van der Waals surface area contributed by atoms with Crippen LogP contribution in [0.2, 0.25) is 0 Å². The van der Waals surface area contributed by atoms with E-state index < -0.39 is 0 Å². The molecule has 2 aliphatic heterocycles. The fourth-order valence-electron chi connectivity index (χ4n) is 1.96. The van der Waals surface area contributed by atoms with Crippen LogP contribution in [-0.2, 0) is 9.47 Å². The molecule has 5 nitrogen and oxygen atoms in total. The first-order valence-corrected chi connectivity index (χ1v) is 5.57. The highest BCUT2D eigenvalue weighted by Crippen LogP contribution is 2.10. The lowest BCUT2D eigenvalue weighted by Crippen LogP contribution is -2.33. The highest BCUT2D eigenvalue weighted by molar-refractivity contribution is 5.69. The van der Waals surface area contributed by atoms with Crippen molar-refractivity contribution in [2.75, 3.05) is 32.8 Å². The van der Waals surface area contributed by atoms with Crippen LogP contribution in [0.1, 0.15) is 12.8 Å². The van der Waals surface area contributed by atoms with Crippen LogP contribution in [0.3, 0.4) is 0 Å². The number of hydrogen-bond donors (Lipinski definition) is 2. The Morgan fingerprint density at radius 1 is 1.40 bits per heavy atom. The zero-order valence-electron chi connectivity index (χ0n) is 8.83. The van der Waals surface area contributed by atoms with Crippen molar-refractivity contribution < 1.29 is 14.3 Å². The van der Waals surface area contributed by atoms with Gasteiger partial charge in [-0.05, 0) is 25.3 Å². The summed E-state index contributed by atoms with van der Waals surface area (Å²) in [4.78, 5) is 10.7. The van der Waals surface area contributed by atoms with Crippen LogP contribution in [0, 0.1) is 5.92 Å². The molecule has 86 valence electrons. The van der Waals surface area contributed by atoms with E-state index in [1.807, 2.05) is 0 Å². The molecule has 0 aromatic heterocycles. The minimum Gasteiger partial charge on any atom is -0.442 e. The van der Waals surface area contributed by atoms with Crippen molar-refractivity contribution in [3.05, 3.63) is 0 Å². The Morgan fingerprint density at radius 2 is 2.33 bits per heavy atom. The minimum atomic E-state index is -0.331. The second-order valence-electron chi connectivity index (χ2n) is 4.16. The molecule has 2 heterocycles. The van der Waals surface area contributed by atoms with Crippen molar-refractivity contribution in [1.82, 2.24) is 10.6 Å². The lowest BCUT2D eigenvalue weighted by molar-refractivity contribution is 0.0266. The Morgan fingerprint density at radius 3 is 3.00 bits per heavy atom. The Labute approximate surface area is 89.5 Å². The van der Waals surface area contributed by atoms with Gasteiger partial charge in [-0.3, -0.25) is 0 Å². The molecular formula is C10H18N2O3. The molecule has 0 aromatic rings. The molecule has 0 radical (unpaired) electrons. The van der Waals surface area contributed by atoms with Crippen LogP contribution in [-0.4, -0.2) is 45.0 Å². The summed E-state index contributed by atoms with van der Waals surface area (Å²) in [7, 11) is 0. The first kappa shape index (κ1) is 10.7. The molecule has 2 saturated heterocycles. The standard InChI is InChI=1S/C10H18N2O3/c13-10-12-5-9(15-10)7-14-6-8-2-1-3-11-4-8/h8-9,11H,1-7H2,(H,12,13). The minimum absolute atomic E-state index is 0.103. The van der Waals surface area contributed by atoms with Crippen molar-refractivity contribution in [3.8, 4) is 0 Å². The number of ether oxygens (including phenoxy) is 2. The van der Waals surface area contributed by atoms with Gasteiger partial charge in [0, 0.05) is 6.54 Å². The maximum absolute atomic E-state index is 10.7. The second kappa shape index (κ2) is 5.32. The molecule has 15 heavy (non-hydrogen) atoms. The molecule has 0 saturated carbocycles. The smallest absolute Gasteiger partial charge is 0.407 e. The van der Waals surface area contributed by atoms with Gasteiger partial charge in [0.05, 0.1) is 19.8 Å². The number of nitrogens with one attached hydrogen (secondary N) is 2. The normalized spacial score (nSPS) is 31.1. The number of amides is 1. The monoisotopic (exact) mass is 214 g/mol. The van der Waals surface area contributed by atoms with Crippen LogP contribution < -0.4 is 10.6 Å². The molecule has 5 heteroatoms. The number of alkyl carbamates (subject to hydrolysis) is 1. The SMILES string of the molecule is O=C1NCC(COCC2CCCNC2)O1. The molecular weight excluding hydrogens is 196 g/mol. The van der Waals surface area contributed by atoms with Crippen molar-refractivity contribution in [2.45, 2.75) is 18.9 Å². The Balaban J connectivity index is 1.56. The van der Waals surface area contributed by atoms with Gasteiger partial charge in [-0.2, -0.15) is 0 Å². The first-order valence-electron chi connectivity index (χ1n) is 5.57. The fraction of sp³-hybridized carbons (Fsp3) is 0.900. The lowest BCUT2D eigenvalue weighted by Gasteiger charge is -2.22. The van der Waals surface area contributed by atoms with Crippen LogP contribution in [0.15, 0.2) is 0 Å². The topological polar surface area (TPSA) is 59.6 Å². The highest BCUT2D eigenvalue weighted by Gasteiger charge is 2.23. The summed E-state index contributed by atoms with van der Waals surface area (Å²) in [6.45, 7) is 4.02. The molecule has 0 spiro atoms. The summed E-state index contributed by atoms with van der Waals surface area (Å²) in [5, 5.41) is 5.95. The van der Waals surface area contributed by atoms with Crippen molar-refractivity contribution >= 4 is 6.09 Å². The zero-order chi connectivity index (χ0) is 10.5. The van der Waals surface area contributed by atoms with Gasteiger partial charge in [0.2, 0.25) is 0 Å². The van der Waals surface area contributed by atoms with Crippen molar-refractivity contribution in [1.29, 1.82) is 0 Å². The Bertz CT molecular complexity index is 217. The van der Waals surface area contributed by atoms with E-state index >= 15 is 0 Å². The first-order chi connectivity index (χ1) is 7.34. The van der Waals surface area contributed by atoms with Gasteiger partial charge < -0.3 is 20.1 Å². The average molecular weight is 214 g/mol. The number of carbonyl (C=O) groups excluding carboxylic acids is 1. The Hall–Kier alpha value is -0.810. The van der Waals surface area contributed by atoms with Gasteiger partial charge in [0.1, 0.15) is 6.10 Å². The number of cyclic esters (lactones) is 1. The van der Waals surface area contributed by atoms with Gasteiger partial charge in [0.15, 0.2) is 0 Å². The van der Waals surface area contributed by atoms with E-state index in [-0.39, 0.29) is 12.2 Å². The molecule has 0 aromatic carbocycles. The molecule has 0 bridgehead atoms. The van der Waals surface area contributed by atoms with E-state index in [2.05, 4.69) is 10.6 Å². The number of hydrogen-bond acceptors (Lipinski definition) is 4. The molecule has 2 fully saturated rings. The maximum atomic E-state index is 10.7. The number of rotatable bonds is 4.